The average molecular weight is 276 g/mol. The van der Waals surface area contributed by atoms with E-state index in [9.17, 15) is 4.79 Å². The molecule has 0 heterocycles. The lowest BCUT2D eigenvalue weighted by molar-refractivity contribution is 0.207. The third-order valence-electron chi connectivity index (χ3n) is 2.23. The van der Waals surface area contributed by atoms with E-state index < -0.39 is 0 Å². The number of nitrogens with one attached hydrogen (secondary N) is 2. The van der Waals surface area contributed by atoms with Crippen molar-refractivity contribution in [1.82, 2.24) is 10.6 Å². The second kappa shape index (κ2) is 8.64. The normalized spacial score (nSPS) is 13.5. The molecule has 0 radical (unpaired) electrons. The van der Waals surface area contributed by atoms with Gasteiger partial charge in [0.1, 0.15) is 0 Å². The molecule has 0 fully saturated rings. The minimum absolute atomic E-state index is 0.0116. The average Bonchev–Trinajstić information content (AvgIpc) is 2.21. The van der Waals surface area contributed by atoms with Crippen LogP contribution in [0.25, 0.3) is 0 Å². The zero-order chi connectivity index (χ0) is 14.2. The number of thioether (sulfide) groups is 1. The maximum absolute atomic E-state index is 11.6. The van der Waals surface area contributed by atoms with E-state index in [1.165, 1.54) is 0 Å². The van der Waals surface area contributed by atoms with Gasteiger partial charge in [-0.3, -0.25) is 0 Å². The Morgan fingerprint density at radius 3 is 2.39 bits per heavy atom. The largest absolute Gasteiger partial charge is 0.394 e. The fourth-order valence-corrected chi connectivity index (χ4v) is 2.32. The number of urea groups is 1. The van der Waals surface area contributed by atoms with Gasteiger partial charge < -0.3 is 15.7 Å². The Hall–Kier alpha value is -0.420. The molecular weight excluding hydrogens is 248 g/mol. The Kier molecular flexibility index (Phi) is 8.44. The molecule has 0 saturated heterocycles. The predicted molar refractivity (Wildman–Crippen MR) is 79.1 cm³/mol. The molecule has 0 aromatic carbocycles. The quantitative estimate of drug-likeness (QED) is 0.625. The van der Waals surface area contributed by atoms with Crippen LogP contribution in [0.4, 0.5) is 4.79 Å². The summed E-state index contributed by atoms with van der Waals surface area (Å²) in [6, 6.07) is -0.343. The zero-order valence-electron chi connectivity index (χ0n) is 12.2. The highest BCUT2D eigenvalue weighted by molar-refractivity contribution is 8.00. The molecule has 0 saturated carbocycles. The third-order valence-corrected chi connectivity index (χ3v) is 3.51. The van der Waals surface area contributed by atoms with Crippen LogP contribution >= 0.6 is 11.8 Å². The van der Waals surface area contributed by atoms with Crippen molar-refractivity contribution in [3.63, 3.8) is 0 Å². The van der Waals surface area contributed by atoms with Gasteiger partial charge in [-0.15, -0.1) is 0 Å². The van der Waals surface area contributed by atoms with E-state index >= 15 is 0 Å². The Morgan fingerprint density at radius 1 is 1.33 bits per heavy atom. The lowest BCUT2D eigenvalue weighted by atomic mass is 10.0. The van der Waals surface area contributed by atoms with Crippen molar-refractivity contribution < 1.29 is 9.90 Å². The van der Waals surface area contributed by atoms with Crippen molar-refractivity contribution in [3.8, 4) is 0 Å². The van der Waals surface area contributed by atoms with Crippen molar-refractivity contribution in [2.24, 2.45) is 5.92 Å². The summed E-state index contributed by atoms with van der Waals surface area (Å²) in [7, 11) is 0. The number of carbonyl (C=O) groups excluding carboxylic acids is 1. The minimum atomic E-state index is -0.191. The number of aliphatic hydroxyl groups excluding tert-OH is 1. The summed E-state index contributed by atoms with van der Waals surface area (Å²) in [6.45, 7) is 11.2. The van der Waals surface area contributed by atoms with Crippen molar-refractivity contribution >= 4 is 17.8 Å². The van der Waals surface area contributed by atoms with Gasteiger partial charge in [-0.25, -0.2) is 4.79 Å². The molecule has 4 nitrogen and oxygen atoms in total. The predicted octanol–water partition coefficient (Wildman–Crippen LogP) is 2.22. The molecule has 1 atom stereocenters. The minimum Gasteiger partial charge on any atom is -0.394 e. The third kappa shape index (κ3) is 10.7. The summed E-state index contributed by atoms with van der Waals surface area (Å²) < 4.78 is 0.226. The van der Waals surface area contributed by atoms with Crippen molar-refractivity contribution in [2.75, 3.05) is 18.9 Å². The molecule has 2 amide bonds. The first kappa shape index (κ1) is 17.6. The van der Waals surface area contributed by atoms with Crippen LogP contribution in [0.3, 0.4) is 0 Å². The topological polar surface area (TPSA) is 61.4 Å². The fraction of sp³-hybridized carbons (Fsp3) is 0.923. The van der Waals surface area contributed by atoms with E-state index in [0.29, 0.717) is 12.5 Å². The van der Waals surface area contributed by atoms with Crippen LogP contribution in [-0.4, -0.2) is 40.8 Å². The van der Waals surface area contributed by atoms with Gasteiger partial charge in [0.15, 0.2) is 0 Å². The molecule has 0 spiro atoms. The van der Waals surface area contributed by atoms with Gasteiger partial charge in [0, 0.05) is 17.0 Å². The highest BCUT2D eigenvalue weighted by Crippen LogP contribution is 2.21. The maximum atomic E-state index is 11.6. The van der Waals surface area contributed by atoms with E-state index in [2.05, 4.69) is 45.3 Å². The number of carbonyl (C=O) groups is 1. The molecule has 108 valence electrons. The molecule has 3 N–H and O–H groups in total. The lowest BCUT2D eigenvalue weighted by Gasteiger charge is -2.20. The molecule has 0 rings (SSSR count). The van der Waals surface area contributed by atoms with Crippen molar-refractivity contribution in [2.45, 2.75) is 51.8 Å². The second-order valence-electron chi connectivity index (χ2n) is 5.87. The first-order chi connectivity index (χ1) is 8.24. The van der Waals surface area contributed by atoms with Crippen LogP contribution in [-0.2, 0) is 0 Å². The summed E-state index contributed by atoms with van der Waals surface area (Å²) >= 11 is 1.82. The smallest absolute Gasteiger partial charge is 0.315 e. The van der Waals surface area contributed by atoms with E-state index in [-0.39, 0.29) is 23.4 Å². The Bertz CT molecular complexity index is 240. The van der Waals surface area contributed by atoms with Crippen LogP contribution in [0.1, 0.15) is 41.0 Å². The zero-order valence-corrected chi connectivity index (χ0v) is 13.1. The van der Waals surface area contributed by atoms with Gasteiger partial charge in [-0.2, -0.15) is 11.8 Å². The molecule has 0 aliphatic heterocycles. The van der Waals surface area contributed by atoms with Gasteiger partial charge in [0.25, 0.3) is 0 Å². The first-order valence-electron chi connectivity index (χ1n) is 6.53. The van der Waals surface area contributed by atoms with Crippen LogP contribution in [0.5, 0.6) is 0 Å². The van der Waals surface area contributed by atoms with Crippen LogP contribution in [0, 0.1) is 5.92 Å². The van der Waals surface area contributed by atoms with Gasteiger partial charge in [-0.1, -0.05) is 34.6 Å². The molecule has 0 bridgehead atoms. The molecular formula is C13H28N2O2S. The number of rotatable bonds is 7. The van der Waals surface area contributed by atoms with Gasteiger partial charge in [0.05, 0.1) is 12.6 Å². The summed E-state index contributed by atoms with van der Waals surface area (Å²) in [4.78, 5) is 11.6. The van der Waals surface area contributed by atoms with E-state index in [1.54, 1.807) is 0 Å². The molecule has 0 aromatic heterocycles. The Morgan fingerprint density at radius 2 is 1.94 bits per heavy atom. The molecule has 5 heteroatoms. The molecule has 1 unspecified atom stereocenters. The molecule has 18 heavy (non-hydrogen) atoms. The summed E-state index contributed by atoms with van der Waals surface area (Å²) in [5.41, 5.74) is 0. The van der Waals surface area contributed by atoms with Gasteiger partial charge in [0.2, 0.25) is 0 Å². The standard InChI is InChI=1S/C13H28N2O2S/c1-10(2)8-11(9-16)15-12(17)14-6-7-18-13(3,4)5/h10-11,16H,6-9H2,1-5H3,(H2,14,15,17). The first-order valence-corrected chi connectivity index (χ1v) is 7.52. The van der Waals surface area contributed by atoms with E-state index in [1.807, 2.05) is 11.8 Å². The summed E-state index contributed by atoms with van der Waals surface area (Å²) in [5.74, 6) is 1.35. The Balaban J connectivity index is 3.75. The van der Waals surface area contributed by atoms with Gasteiger partial charge in [-0.05, 0) is 12.3 Å². The van der Waals surface area contributed by atoms with E-state index in [4.69, 9.17) is 5.11 Å². The molecule has 0 aliphatic rings. The highest BCUT2D eigenvalue weighted by atomic mass is 32.2. The number of hydrogen-bond acceptors (Lipinski definition) is 3. The monoisotopic (exact) mass is 276 g/mol. The van der Waals surface area contributed by atoms with Crippen LogP contribution in [0.15, 0.2) is 0 Å². The molecule has 0 aromatic rings. The summed E-state index contributed by atoms with van der Waals surface area (Å²) in [5, 5.41) is 14.8. The Labute approximate surface area is 115 Å². The lowest BCUT2D eigenvalue weighted by Crippen LogP contribution is -2.45. The van der Waals surface area contributed by atoms with Crippen LogP contribution < -0.4 is 10.6 Å². The van der Waals surface area contributed by atoms with Crippen LogP contribution in [0.2, 0.25) is 0 Å². The summed E-state index contributed by atoms with van der Waals surface area (Å²) in [6.07, 6.45) is 0.792. The number of amides is 2. The molecule has 0 aliphatic carbocycles. The van der Waals surface area contributed by atoms with Gasteiger partial charge >= 0.3 is 6.03 Å². The second-order valence-corrected chi connectivity index (χ2v) is 7.79. The number of hydrogen-bond donors (Lipinski definition) is 3. The highest BCUT2D eigenvalue weighted by Gasteiger charge is 2.13. The van der Waals surface area contributed by atoms with Crippen molar-refractivity contribution in [1.29, 1.82) is 0 Å². The van der Waals surface area contributed by atoms with E-state index in [0.717, 1.165) is 12.2 Å². The SMILES string of the molecule is CC(C)CC(CO)NC(=O)NCCSC(C)(C)C. The van der Waals surface area contributed by atoms with Crippen molar-refractivity contribution in [3.05, 3.63) is 0 Å². The maximum Gasteiger partial charge on any atom is 0.315 e. The fourth-order valence-electron chi connectivity index (χ4n) is 1.51. The number of aliphatic hydroxyl groups is 1.